The minimum absolute atomic E-state index is 0.234. The normalized spacial score (nSPS) is 26.7. The van der Waals surface area contributed by atoms with Crippen LogP contribution in [-0.2, 0) is 20.8 Å². The van der Waals surface area contributed by atoms with E-state index in [0.717, 1.165) is 5.56 Å². The van der Waals surface area contributed by atoms with Crippen molar-refractivity contribution < 1.29 is 39.1 Å². The second-order valence-electron chi connectivity index (χ2n) is 6.61. The van der Waals surface area contributed by atoms with Gasteiger partial charge in [0.25, 0.3) is 0 Å². The van der Waals surface area contributed by atoms with Crippen LogP contribution in [0, 0.1) is 0 Å². The molecule has 0 amide bonds. The molecule has 1 aliphatic rings. The van der Waals surface area contributed by atoms with E-state index in [9.17, 15) is 20.1 Å². The van der Waals surface area contributed by atoms with Crippen LogP contribution < -0.4 is 4.74 Å². The second-order valence-corrected chi connectivity index (χ2v) is 6.61. The first kappa shape index (κ1) is 21.2. The largest absolute Gasteiger partial charge is 0.489 e. The summed E-state index contributed by atoms with van der Waals surface area (Å²) < 4.78 is 21.4. The number of hydrogen-bond donors (Lipinski definition) is 3. The highest BCUT2D eigenvalue weighted by Gasteiger charge is 2.46. The molecule has 2 aromatic carbocycles. The van der Waals surface area contributed by atoms with E-state index in [0.29, 0.717) is 12.4 Å². The molecule has 2 aromatic rings. The Bertz CT molecular complexity index is 777. The fourth-order valence-electron chi connectivity index (χ4n) is 2.99. The number of carbonyl (C=O) groups is 1. The maximum absolute atomic E-state index is 12.5. The van der Waals surface area contributed by atoms with Crippen LogP contribution in [-0.4, -0.2) is 65.7 Å². The first-order chi connectivity index (χ1) is 14.0. The Hall–Kier alpha value is -2.49. The average Bonchev–Trinajstić information content (AvgIpc) is 2.76. The van der Waals surface area contributed by atoms with Gasteiger partial charge in [0.2, 0.25) is 0 Å². The van der Waals surface area contributed by atoms with Crippen molar-refractivity contribution in [2.24, 2.45) is 0 Å². The van der Waals surface area contributed by atoms with Gasteiger partial charge in [-0.15, -0.1) is 0 Å². The minimum Gasteiger partial charge on any atom is -0.489 e. The summed E-state index contributed by atoms with van der Waals surface area (Å²) in [7, 11) is 1.31. The maximum atomic E-state index is 12.5. The zero-order valence-electron chi connectivity index (χ0n) is 15.9. The molecule has 29 heavy (non-hydrogen) atoms. The lowest BCUT2D eigenvalue weighted by molar-refractivity contribution is -0.293. The third-order valence-electron chi connectivity index (χ3n) is 4.64. The first-order valence-corrected chi connectivity index (χ1v) is 9.16. The Kier molecular flexibility index (Phi) is 7.18. The summed E-state index contributed by atoms with van der Waals surface area (Å²) in [6.07, 6.45) is -6.30. The Morgan fingerprint density at radius 2 is 1.72 bits per heavy atom. The van der Waals surface area contributed by atoms with E-state index < -0.39 is 43.3 Å². The molecule has 1 heterocycles. The van der Waals surface area contributed by atoms with Gasteiger partial charge in [-0.2, -0.15) is 0 Å². The zero-order valence-corrected chi connectivity index (χ0v) is 15.9. The molecule has 0 radical (unpaired) electrons. The first-order valence-electron chi connectivity index (χ1n) is 9.16. The average molecular weight is 404 g/mol. The summed E-state index contributed by atoms with van der Waals surface area (Å²) in [5.74, 6) is -0.133. The van der Waals surface area contributed by atoms with Gasteiger partial charge in [-0.1, -0.05) is 30.3 Å². The van der Waals surface area contributed by atoms with Crippen LogP contribution in [0.2, 0.25) is 0 Å². The van der Waals surface area contributed by atoms with E-state index >= 15 is 0 Å². The van der Waals surface area contributed by atoms with Crippen LogP contribution in [0.3, 0.4) is 0 Å². The molecule has 8 nitrogen and oxygen atoms in total. The summed E-state index contributed by atoms with van der Waals surface area (Å²) in [6, 6.07) is 16.0. The number of rotatable bonds is 7. The zero-order chi connectivity index (χ0) is 20.8. The fraction of sp³-hybridized carbons (Fsp3) is 0.381. The van der Waals surface area contributed by atoms with Gasteiger partial charge in [0.05, 0.1) is 12.2 Å². The molecule has 0 aliphatic carbocycles. The van der Waals surface area contributed by atoms with Gasteiger partial charge in [-0.25, -0.2) is 4.79 Å². The molecular formula is C21H24O8. The van der Waals surface area contributed by atoms with Gasteiger partial charge >= 0.3 is 5.97 Å². The summed E-state index contributed by atoms with van der Waals surface area (Å²) in [4.78, 5) is 12.5. The summed E-state index contributed by atoms with van der Waals surface area (Å²) in [5, 5.41) is 29.4. The fourth-order valence-corrected chi connectivity index (χ4v) is 2.99. The summed E-state index contributed by atoms with van der Waals surface area (Å²) in [5.41, 5.74) is 1.26. The van der Waals surface area contributed by atoms with Gasteiger partial charge in [0.15, 0.2) is 12.4 Å². The third-order valence-corrected chi connectivity index (χ3v) is 4.64. The molecular weight excluding hydrogens is 380 g/mol. The van der Waals surface area contributed by atoms with E-state index in [2.05, 4.69) is 0 Å². The molecule has 3 N–H and O–H groups in total. The molecule has 1 aliphatic heterocycles. The van der Waals surface area contributed by atoms with E-state index in [1.807, 2.05) is 30.3 Å². The van der Waals surface area contributed by atoms with Gasteiger partial charge in [0, 0.05) is 7.11 Å². The molecule has 8 heteroatoms. The van der Waals surface area contributed by atoms with Gasteiger partial charge in [0.1, 0.15) is 30.7 Å². The quantitative estimate of drug-likeness (QED) is 0.583. The van der Waals surface area contributed by atoms with Crippen LogP contribution in [0.15, 0.2) is 54.6 Å². The Morgan fingerprint density at radius 1 is 1.03 bits per heavy atom. The topological polar surface area (TPSA) is 115 Å². The maximum Gasteiger partial charge on any atom is 0.338 e. The van der Waals surface area contributed by atoms with Gasteiger partial charge < -0.3 is 34.3 Å². The molecule has 156 valence electrons. The highest BCUT2D eigenvalue weighted by atomic mass is 16.7. The number of methoxy groups -OCH3 is 1. The Morgan fingerprint density at radius 3 is 2.34 bits per heavy atom. The van der Waals surface area contributed by atoms with Crippen molar-refractivity contribution in [3.8, 4) is 5.75 Å². The molecule has 1 fully saturated rings. The van der Waals surface area contributed by atoms with Crippen LogP contribution >= 0.6 is 0 Å². The van der Waals surface area contributed by atoms with Crippen molar-refractivity contribution in [1.82, 2.24) is 0 Å². The molecule has 3 rings (SSSR count). The van der Waals surface area contributed by atoms with Gasteiger partial charge in [-0.05, 0) is 29.8 Å². The Balaban J connectivity index is 1.61. The number of carbonyl (C=O) groups excluding carboxylic acids is 1. The third kappa shape index (κ3) is 5.11. The lowest BCUT2D eigenvalue weighted by Crippen LogP contribution is -2.60. The SMILES string of the molecule is CO[C@@H]1O[C@H](CO)[C@H](O)[C@H](O)[C@H]1OC(=O)c1ccc(OCc2ccccc2)cc1. The van der Waals surface area contributed by atoms with Crippen molar-refractivity contribution in [3.63, 3.8) is 0 Å². The van der Waals surface area contributed by atoms with E-state index in [1.54, 1.807) is 12.1 Å². The standard InChI is InChI=1S/C21H24O8/c1-26-21-19(18(24)17(23)16(11-22)28-21)29-20(25)14-7-9-15(10-8-14)27-12-13-5-3-2-4-6-13/h2-10,16-19,21-24H,11-12H2,1H3/t16-,17+,18+,19-,21-/m1/s1. The molecule has 5 atom stereocenters. The smallest absolute Gasteiger partial charge is 0.338 e. The van der Waals surface area contributed by atoms with Crippen LogP contribution in [0.4, 0.5) is 0 Å². The van der Waals surface area contributed by atoms with E-state index in [1.165, 1.54) is 19.2 Å². The monoisotopic (exact) mass is 404 g/mol. The molecule has 1 saturated heterocycles. The number of ether oxygens (including phenoxy) is 4. The number of aliphatic hydroxyl groups excluding tert-OH is 3. The van der Waals surface area contributed by atoms with Crippen LogP contribution in [0.5, 0.6) is 5.75 Å². The number of aliphatic hydroxyl groups is 3. The molecule has 0 saturated carbocycles. The highest BCUT2D eigenvalue weighted by molar-refractivity contribution is 5.89. The number of esters is 1. The van der Waals surface area contributed by atoms with Crippen LogP contribution in [0.25, 0.3) is 0 Å². The predicted molar refractivity (Wildman–Crippen MR) is 101 cm³/mol. The number of hydrogen-bond acceptors (Lipinski definition) is 8. The van der Waals surface area contributed by atoms with Gasteiger partial charge in [-0.3, -0.25) is 0 Å². The number of benzene rings is 2. The van der Waals surface area contributed by atoms with Crippen molar-refractivity contribution in [2.45, 2.75) is 37.3 Å². The van der Waals surface area contributed by atoms with Crippen molar-refractivity contribution in [3.05, 3.63) is 65.7 Å². The lowest BCUT2D eigenvalue weighted by Gasteiger charge is -2.40. The molecule has 0 aromatic heterocycles. The summed E-state index contributed by atoms with van der Waals surface area (Å²) >= 11 is 0. The summed E-state index contributed by atoms with van der Waals surface area (Å²) in [6.45, 7) is -0.112. The van der Waals surface area contributed by atoms with Crippen molar-refractivity contribution in [1.29, 1.82) is 0 Å². The predicted octanol–water partition coefficient (Wildman–Crippen LogP) is 0.876. The Labute approximate surface area is 168 Å². The van der Waals surface area contributed by atoms with Crippen LogP contribution in [0.1, 0.15) is 15.9 Å². The minimum atomic E-state index is -1.47. The van der Waals surface area contributed by atoms with Crippen molar-refractivity contribution >= 4 is 5.97 Å². The molecule has 0 bridgehead atoms. The molecule has 0 spiro atoms. The highest BCUT2D eigenvalue weighted by Crippen LogP contribution is 2.25. The van der Waals surface area contributed by atoms with E-state index in [-0.39, 0.29) is 5.56 Å². The molecule has 0 unspecified atom stereocenters. The van der Waals surface area contributed by atoms with Crippen molar-refractivity contribution in [2.75, 3.05) is 13.7 Å². The lowest BCUT2D eigenvalue weighted by atomic mass is 9.99. The van der Waals surface area contributed by atoms with E-state index in [4.69, 9.17) is 18.9 Å². The second kappa shape index (κ2) is 9.82.